The van der Waals surface area contributed by atoms with E-state index in [0.717, 1.165) is 27.6 Å². The van der Waals surface area contributed by atoms with Gasteiger partial charge in [0.25, 0.3) is 0 Å². The minimum absolute atomic E-state index is 0.0384. The van der Waals surface area contributed by atoms with Crippen molar-refractivity contribution in [2.45, 2.75) is 45.8 Å². The lowest BCUT2D eigenvalue weighted by molar-refractivity contribution is -0.140. The van der Waals surface area contributed by atoms with E-state index in [9.17, 15) is 26.8 Å². The van der Waals surface area contributed by atoms with Crippen LogP contribution in [0.1, 0.15) is 33.3 Å². The first-order valence-electron chi connectivity index (χ1n) is 10.3. The molecule has 0 heterocycles. The average molecular weight is 482 g/mol. The second-order valence-corrected chi connectivity index (χ2v) is 10.7. The van der Waals surface area contributed by atoms with E-state index in [1.165, 1.54) is 37.3 Å². The molecule has 10 heteroatoms. The summed E-state index contributed by atoms with van der Waals surface area (Å²) in [5.74, 6) is -2.47. The van der Waals surface area contributed by atoms with Crippen LogP contribution in [0.3, 0.4) is 0 Å². The number of rotatable bonds is 8. The molecule has 1 atom stereocenters. The molecule has 0 saturated heterocycles. The van der Waals surface area contributed by atoms with Crippen LogP contribution in [0.2, 0.25) is 0 Å². The molecule has 0 spiro atoms. The maximum Gasteiger partial charge on any atom is 0.244 e. The van der Waals surface area contributed by atoms with E-state index in [1.807, 2.05) is 0 Å². The average Bonchev–Trinajstić information content (AvgIpc) is 2.68. The zero-order valence-corrected chi connectivity index (χ0v) is 20.1. The standard InChI is InChI=1S/C23H29F2N3O4S/c1-16(22(30)26-23(2,3)4)27(14-17-9-6-7-12-20(17)25)21(29)15-28(33(5,31)32)19-11-8-10-18(24)13-19/h6-13,16H,14-15H2,1-5H3,(H,26,30). The van der Waals surface area contributed by atoms with Crippen LogP contribution in [0, 0.1) is 11.6 Å². The Labute approximate surface area is 193 Å². The largest absolute Gasteiger partial charge is 0.350 e. The molecule has 7 nitrogen and oxygen atoms in total. The maximum absolute atomic E-state index is 14.3. The van der Waals surface area contributed by atoms with Crippen LogP contribution in [0.25, 0.3) is 0 Å². The molecule has 0 aliphatic heterocycles. The Balaban J connectivity index is 2.42. The predicted octanol–water partition coefficient (Wildman–Crippen LogP) is 3.06. The Morgan fingerprint density at radius 2 is 1.70 bits per heavy atom. The summed E-state index contributed by atoms with van der Waals surface area (Å²) in [6.45, 7) is 5.85. The van der Waals surface area contributed by atoms with Crippen molar-refractivity contribution in [1.82, 2.24) is 10.2 Å². The molecule has 0 bridgehead atoms. The number of hydrogen-bond acceptors (Lipinski definition) is 4. The highest BCUT2D eigenvalue weighted by Gasteiger charge is 2.31. The van der Waals surface area contributed by atoms with Gasteiger partial charge in [-0.15, -0.1) is 0 Å². The van der Waals surface area contributed by atoms with Crippen LogP contribution >= 0.6 is 0 Å². The fraction of sp³-hybridized carbons (Fsp3) is 0.391. The lowest BCUT2D eigenvalue weighted by Crippen LogP contribution is -2.54. The van der Waals surface area contributed by atoms with Gasteiger partial charge in [-0.05, 0) is 52.0 Å². The van der Waals surface area contributed by atoms with E-state index < -0.39 is 51.6 Å². The van der Waals surface area contributed by atoms with Crippen molar-refractivity contribution in [3.63, 3.8) is 0 Å². The fourth-order valence-electron chi connectivity index (χ4n) is 3.11. The molecular formula is C23H29F2N3O4S. The molecule has 0 aliphatic rings. The predicted molar refractivity (Wildman–Crippen MR) is 123 cm³/mol. The van der Waals surface area contributed by atoms with Crippen molar-refractivity contribution in [3.05, 3.63) is 65.7 Å². The number of amides is 2. The third kappa shape index (κ3) is 7.52. The van der Waals surface area contributed by atoms with E-state index in [0.29, 0.717) is 0 Å². The second-order valence-electron chi connectivity index (χ2n) is 8.78. The van der Waals surface area contributed by atoms with Gasteiger partial charge >= 0.3 is 0 Å². The Morgan fingerprint density at radius 1 is 1.06 bits per heavy atom. The van der Waals surface area contributed by atoms with E-state index in [-0.39, 0.29) is 17.8 Å². The lowest BCUT2D eigenvalue weighted by atomic mass is 10.1. The molecule has 2 rings (SSSR count). The number of nitrogens with zero attached hydrogens (tertiary/aromatic N) is 2. The highest BCUT2D eigenvalue weighted by atomic mass is 32.2. The van der Waals surface area contributed by atoms with Crippen LogP contribution in [0.15, 0.2) is 48.5 Å². The number of halogens is 2. The first-order chi connectivity index (χ1) is 15.2. The Kier molecular flexibility index (Phi) is 8.18. The van der Waals surface area contributed by atoms with Crippen LogP contribution < -0.4 is 9.62 Å². The first kappa shape index (κ1) is 26.2. The minimum atomic E-state index is -3.97. The summed E-state index contributed by atoms with van der Waals surface area (Å²) >= 11 is 0. The van der Waals surface area contributed by atoms with Gasteiger partial charge in [0, 0.05) is 17.6 Å². The Hall–Kier alpha value is -3.01. The molecule has 2 aromatic carbocycles. The summed E-state index contributed by atoms with van der Waals surface area (Å²) in [4.78, 5) is 27.2. The summed E-state index contributed by atoms with van der Waals surface area (Å²) in [5.41, 5.74) is -0.459. The topological polar surface area (TPSA) is 86.8 Å². The molecule has 33 heavy (non-hydrogen) atoms. The molecule has 180 valence electrons. The van der Waals surface area contributed by atoms with Gasteiger partial charge in [0.2, 0.25) is 21.8 Å². The van der Waals surface area contributed by atoms with Gasteiger partial charge in [0.1, 0.15) is 24.2 Å². The van der Waals surface area contributed by atoms with Gasteiger partial charge < -0.3 is 10.2 Å². The summed E-state index contributed by atoms with van der Waals surface area (Å²) in [6.07, 6.45) is 0.891. The highest BCUT2D eigenvalue weighted by Crippen LogP contribution is 2.20. The normalized spacial score (nSPS) is 12.7. The van der Waals surface area contributed by atoms with Gasteiger partial charge in [-0.3, -0.25) is 13.9 Å². The van der Waals surface area contributed by atoms with Crippen molar-refractivity contribution in [3.8, 4) is 0 Å². The van der Waals surface area contributed by atoms with Crippen molar-refractivity contribution in [2.24, 2.45) is 0 Å². The molecule has 0 aliphatic carbocycles. The van der Waals surface area contributed by atoms with Crippen LogP contribution in [-0.2, 0) is 26.2 Å². The molecule has 1 N–H and O–H groups in total. The van der Waals surface area contributed by atoms with Gasteiger partial charge in [-0.25, -0.2) is 17.2 Å². The zero-order chi connectivity index (χ0) is 25.0. The van der Waals surface area contributed by atoms with E-state index in [4.69, 9.17) is 0 Å². The van der Waals surface area contributed by atoms with Crippen LogP contribution in [0.5, 0.6) is 0 Å². The van der Waals surface area contributed by atoms with Crippen molar-refractivity contribution >= 4 is 27.5 Å². The third-order valence-electron chi connectivity index (χ3n) is 4.74. The number of carbonyl (C=O) groups excluding carboxylic acids is 2. The third-order valence-corrected chi connectivity index (χ3v) is 5.88. The minimum Gasteiger partial charge on any atom is -0.350 e. The molecular weight excluding hydrogens is 452 g/mol. The highest BCUT2D eigenvalue weighted by molar-refractivity contribution is 7.92. The second kappa shape index (κ2) is 10.3. The SMILES string of the molecule is CC(C(=O)NC(C)(C)C)N(Cc1ccccc1F)C(=O)CN(c1cccc(F)c1)S(C)(=O)=O. The van der Waals surface area contributed by atoms with Crippen molar-refractivity contribution in [1.29, 1.82) is 0 Å². The summed E-state index contributed by atoms with van der Waals surface area (Å²) < 4.78 is 53.6. The number of nitrogens with one attached hydrogen (secondary N) is 1. The van der Waals surface area contributed by atoms with Crippen molar-refractivity contribution in [2.75, 3.05) is 17.1 Å². The fourth-order valence-corrected chi connectivity index (χ4v) is 3.95. The van der Waals surface area contributed by atoms with E-state index >= 15 is 0 Å². The Bertz CT molecular complexity index is 1120. The Morgan fingerprint density at radius 3 is 2.24 bits per heavy atom. The van der Waals surface area contributed by atoms with Gasteiger partial charge in [0.15, 0.2) is 0 Å². The zero-order valence-electron chi connectivity index (χ0n) is 19.3. The number of carbonyl (C=O) groups is 2. The van der Waals surface area contributed by atoms with Gasteiger partial charge in [-0.2, -0.15) is 0 Å². The molecule has 2 aromatic rings. The lowest BCUT2D eigenvalue weighted by Gasteiger charge is -2.33. The van der Waals surface area contributed by atoms with Crippen LogP contribution in [-0.4, -0.2) is 49.5 Å². The van der Waals surface area contributed by atoms with E-state index in [1.54, 1.807) is 26.8 Å². The molecule has 0 saturated carbocycles. The number of sulfonamides is 1. The summed E-state index contributed by atoms with van der Waals surface area (Å²) in [5, 5.41) is 2.77. The summed E-state index contributed by atoms with van der Waals surface area (Å²) in [7, 11) is -3.97. The van der Waals surface area contributed by atoms with Gasteiger partial charge in [0.05, 0.1) is 11.9 Å². The number of hydrogen-bond donors (Lipinski definition) is 1. The maximum atomic E-state index is 14.3. The van der Waals surface area contributed by atoms with Crippen molar-refractivity contribution < 1.29 is 26.8 Å². The molecule has 0 fully saturated rings. The smallest absolute Gasteiger partial charge is 0.244 e. The van der Waals surface area contributed by atoms with E-state index in [2.05, 4.69) is 5.32 Å². The number of benzene rings is 2. The first-order valence-corrected chi connectivity index (χ1v) is 12.1. The molecule has 0 aromatic heterocycles. The number of anilines is 1. The van der Waals surface area contributed by atoms with Crippen LogP contribution in [0.4, 0.5) is 14.5 Å². The molecule has 2 amide bonds. The molecule has 0 radical (unpaired) electrons. The monoisotopic (exact) mass is 481 g/mol. The molecule has 1 unspecified atom stereocenters. The summed E-state index contributed by atoms with van der Waals surface area (Å²) in [6, 6.07) is 9.58. The van der Waals surface area contributed by atoms with Gasteiger partial charge in [-0.1, -0.05) is 24.3 Å². The quantitative estimate of drug-likeness (QED) is 0.628.